The van der Waals surface area contributed by atoms with Crippen molar-refractivity contribution in [3.8, 4) is 0 Å². The molecule has 0 unspecified atom stereocenters. The highest BCUT2D eigenvalue weighted by atomic mass is 32.2. The molecule has 1 amide bonds. The Balaban J connectivity index is 1.58. The largest absolute Gasteiger partial charge is 0.380 e. The normalized spacial score (nSPS) is 26.2. The molecule has 5 nitrogen and oxygen atoms in total. The van der Waals surface area contributed by atoms with Gasteiger partial charge in [-0.3, -0.25) is 4.79 Å². The van der Waals surface area contributed by atoms with Crippen LogP contribution in [-0.2, 0) is 25.8 Å². The van der Waals surface area contributed by atoms with Crippen LogP contribution >= 0.6 is 11.3 Å². The van der Waals surface area contributed by atoms with Crippen molar-refractivity contribution in [3.05, 3.63) is 35.2 Å². The van der Waals surface area contributed by atoms with Crippen molar-refractivity contribution < 1.29 is 17.9 Å². The highest BCUT2D eigenvalue weighted by Crippen LogP contribution is 2.29. The number of hydrogen-bond acceptors (Lipinski definition) is 5. The fraction of sp³-hybridized carbons (Fsp3) is 0.471. The number of amides is 1. The van der Waals surface area contributed by atoms with E-state index in [0.29, 0.717) is 26.0 Å². The van der Waals surface area contributed by atoms with Gasteiger partial charge in [-0.2, -0.15) is 0 Å². The van der Waals surface area contributed by atoms with Gasteiger partial charge in [0.25, 0.3) is 0 Å². The van der Waals surface area contributed by atoms with Crippen LogP contribution in [0, 0.1) is 0 Å². The van der Waals surface area contributed by atoms with Gasteiger partial charge in [-0.15, -0.1) is 11.3 Å². The van der Waals surface area contributed by atoms with Crippen molar-refractivity contribution in [3.63, 3.8) is 0 Å². The number of benzene rings is 1. The minimum absolute atomic E-state index is 0.0188. The van der Waals surface area contributed by atoms with Crippen LogP contribution in [-0.4, -0.2) is 56.0 Å². The number of thiophene rings is 1. The Kier molecular flexibility index (Phi) is 4.10. The van der Waals surface area contributed by atoms with Gasteiger partial charge in [-0.1, -0.05) is 18.2 Å². The van der Waals surface area contributed by atoms with Crippen LogP contribution in [0.4, 0.5) is 0 Å². The molecule has 24 heavy (non-hydrogen) atoms. The molecule has 2 fully saturated rings. The van der Waals surface area contributed by atoms with Crippen molar-refractivity contribution >= 4 is 37.2 Å². The van der Waals surface area contributed by atoms with Crippen LogP contribution in [0.25, 0.3) is 10.1 Å². The third-order valence-electron chi connectivity index (χ3n) is 4.97. The smallest absolute Gasteiger partial charge is 0.227 e. The molecule has 0 N–H and O–H groups in total. The molecule has 1 aromatic heterocycles. The summed E-state index contributed by atoms with van der Waals surface area (Å²) in [6, 6.07) is 7.81. The molecule has 2 saturated heterocycles. The van der Waals surface area contributed by atoms with Gasteiger partial charge >= 0.3 is 0 Å². The number of carbonyl (C=O) groups is 1. The van der Waals surface area contributed by atoms with E-state index in [1.54, 1.807) is 16.2 Å². The number of hydrogen-bond donors (Lipinski definition) is 0. The van der Waals surface area contributed by atoms with Gasteiger partial charge in [-0.05, 0) is 28.8 Å². The number of rotatable bonds is 2. The molecule has 0 spiro atoms. The Morgan fingerprint density at radius 3 is 3.04 bits per heavy atom. The maximum atomic E-state index is 12.9. The monoisotopic (exact) mass is 365 g/mol. The molecular formula is C17H19NO4S2. The zero-order valence-corrected chi connectivity index (χ0v) is 14.8. The van der Waals surface area contributed by atoms with Crippen molar-refractivity contribution in [1.29, 1.82) is 0 Å². The molecule has 0 saturated carbocycles. The first kappa shape index (κ1) is 16.1. The van der Waals surface area contributed by atoms with Crippen molar-refractivity contribution in [2.45, 2.75) is 24.1 Å². The summed E-state index contributed by atoms with van der Waals surface area (Å²) in [7, 11) is -3.16. The van der Waals surface area contributed by atoms with Gasteiger partial charge in [0.2, 0.25) is 5.91 Å². The Hall–Kier alpha value is -1.44. The first-order valence-electron chi connectivity index (χ1n) is 8.10. The molecule has 2 aliphatic rings. The van der Waals surface area contributed by atoms with E-state index >= 15 is 0 Å². The molecule has 0 bridgehead atoms. The quantitative estimate of drug-likeness (QED) is 0.815. The van der Waals surface area contributed by atoms with Gasteiger partial charge < -0.3 is 9.64 Å². The topological polar surface area (TPSA) is 63.7 Å². The summed E-state index contributed by atoms with van der Waals surface area (Å²) < 4.78 is 31.0. The van der Waals surface area contributed by atoms with E-state index in [9.17, 15) is 13.2 Å². The lowest BCUT2D eigenvalue weighted by Crippen LogP contribution is -2.60. The van der Waals surface area contributed by atoms with Crippen LogP contribution in [0.2, 0.25) is 0 Å². The van der Waals surface area contributed by atoms with Gasteiger partial charge in [0.1, 0.15) is 5.25 Å². The summed E-state index contributed by atoms with van der Waals surface area (Å²) in [6.07, 6.45) is 0.925. The van der Waals surface area contributed by atoms with Crippen LogP contribution in [0.5, 0.6) is 0 Å². The molecule has 2 atom stereocenters. The number of carbonyl (C=O) groups excluding carboxylic acids is 1. The summed E-state index contributed by atoms with van der Waals surface area (Å²) in [4.78, 5) is 14.6. The van der Waals surface area contributed by atoms with Crippen molar-refractivity contribution in [1.82, 2.24) is 4.90 Å². The van der Waals surface area contributed by atoms with E-state index in [1.165, 1.54) is 4.70 Å². The molecule has 0 aliphatic carbocycles. The molecule has 128 valence electrons. The second-order valence-electron chi connectivity index (χ2n) is 6.36. The van der Waals surface area contributed by atoms with Crippen LogP contribution in [0.15, 0.2) is 29.6 Å². The summed E-state index contributed by atoms with van der Waals surface area (Å²) in [5.74, 6) is 0.0542. The number of sulfone groups is 1. The molecule has 2 aromatic rings. The minimum atomic E-state index is -3.16. The van der Waals surface area contributed by atoms with Crippen LogP contribution < -0.4 is 0 Å². The molecule has 3 heterocycles. The second kappa shape index (κ2) is 6.13. The van der Waals surface area contributed by atoms with Crippen LogP contribution in [0.3, 0.4) is 0 Å². The van der Waals surface area contributed by atoms with E-state index in [0.717, 1.165) is 10.9 Å². The lowest BCUT2D eigenvalue weighted by Gasteiger charge is -2.43. The number of nitrogens with zero attached hydrogens (tertiary/aromatic N) is 1. The first-order valence-corrected chi connectivity index (χ1v) is 10.7. The predicted octanol–water partition coefficient (Wildman–Crippen LogP) is 1.86. The Morgan fingerprint density at radius 2 is 2.17 bits per heavy atom. The molecule has 2 aliphatic heterocycles. The van der Waals surface area contributed by atoms with Crippen molar-refractivity contribution in [2.24, 2.45) is 0 Å². The van der Waals surface area contributed by atoms with Gasteiger partial charge in [-0.25, -0.2) is 8.42 Å². The fourth-order valence-corrected chi connectivity index (χ4v) is 6.47. The Labute approximate surface area is 145 Å². The van der Waals surface area contributed by atoms with E-state index in [4.69, 9.17) is 4.74 Å². The highest BCUT2D eigenvalue weighted by molar-refractivity contribution is 7.92. The van der Waals surface area contributed by atoms with Gasteiger partial charge in [0, 0.05) is 17.9 Å². The SMILES string of the molecule is O=C(Cc1csc2ccccc12)N1CCS(=O)(=O)[C@H]2COCC[C@@H]21. The summed E-state index contributed by atoms with van der Waals surface area (Å²) in [5, 5.41) is 2.58. The second-order valence-corrected chi connectivity index (χ2v) is 9.61. The van der Waals surface area contributed by atoms with Crippen molar-refractivity contribution in [2.75, 3.05) is 25.5 Å². The third-order valence-corrected chi connectivity index (χ3v) is 8.11. The lowest BCUT2D eigenvalue weighted by molar-refractivity contribution is -0.134. The predicted molar refractivity (Wildman–Crippen MR) is 94.0 cm³/mol. The third kappa shape index (κ3) is 2.74. The Morgan fingerprint density at radius 1 is 1.33 bits per heavy atom. The van der Waals surface area contributed by atoms with E-state index in [1.807, 2.05) is 23.6 Å². The summed E-state index contributed by atoms with van der Waals surface area (Å²) in [5.41, 5.74) is 1.03. The maximum absolute atomic E-state index is 12.9. The first-order chi connectivity index (χ1) is 11.6. The number of ether oxygens (including phenoxy) is 1. The molecule has 1 aromatic carbocycles. The zero-order valence-electron chi connectivity index (χ0n) is 13.2. The van der Waals surface area contributed by atoms with E-state index in [-0.39, 0.29) is 24.3 Å². The summed E-state index contributed by atoms with van der Waals surface area (Å²) in [6.45, 7) is 1.02. The molecular weight excluding hydrogens is 346 g/mol. The molecule has 4 rings (SSSR count). The maximum Gasteiger partial charge on any atom is 0.227 e. The average molecular weight is 365 g/mol. The van der Waals surface area contributed by atoms with Gasteiger partial charge in [0.05, 0.1) is 24.8 Å². The highest BCUT2D eigenvalue weighted by Gasteiger charge is 2.44. The van der Waals surface area contributed by atoms with E-state index < -0.39 is 15.1 Å². The average Bonchev–Trinajstić information content (AvgIpc) is 2.98. The lowest BCUT2D eigenvalue weighted by atomic mass is 10.0. The standard InChI is InChI=1S/C17H19NO4S2/c19-17(9-12-11-23-15-4-2-1-3-13(12)15)18-6-8-24(20,21)16-10-22-7-5-14(16)18/h1-4,11,14,16H,5-10H2/t14-,16-/m0/s1. The summed E-state index contributed by atoms with van der Waals surface area (Å²) >= 11 is 1.64. The fourth-order valence-electron chi connectivity index (χ4n) is 3.69. The Bertz CT molecular complexity index is 874. The number of fused-ring (bicyclic) bond motifs is 2. The minimum Gasteiger partial charge on any atom is -0.380 e. The zero-order chi connectivity index (χ0) is 16.7. The van der Waals surface area contributed by atoms with E-state index in [2.05, 4.69) is 6.07 Å². The molecule has 0 radical (unpaired) electrons. The van der Waals surface area contributed by atoms with Gasteiger partial charge in [0.15, 0.2) is 9.84 Å². The molecule has 7 heteroatoms. The van der Waals surface area contributed by atoms with Crippen LogP contribution in [0.1, 0.15) is 12.0 Å².